The lowest BCUT2D eigenvalue weighted by molar-refractivity contribution is 0.249. The van der Waals surface area contributed by atoms with Gasteiger partial charge in [0.2, 0.25) is 0 Å². The van der Waals surface area contributed by atoms with E-state index >= 15 is 0 Å². The second-order valence-electron chi connectivity index (χ2n) is 4.92. The maximum absolute atomic E-state index is 10.5. The molecule has 0 aromatic carbocycles. The maximum atomic E-state index is 10.5. The average Bonchev–Trinajstić information content (AvgIpc) is 2.52. The van der Waals surface area contributed by atoms with Crippen molar-refractivity contribution in [1.82, 2.24) is 5.43 Å². The minimum atomic E-state index is -0.602. The van der Waals surface area contributed by atoms with Crippen molar-refractivity contribution in [3.8, 4) is 0 Å². The molecule has 0 saturated heterocycles. The highest BCUT2D eigenvalue weighted by Crippen LogP contribution is 2.74. The number of rotatable bonds is 2. The summed E-state index contributed by atoms with van der Waals surface area (Å²) in [5, 5.41) is 4.36. The number of nitrogens with one attached hydrogen (secondary N) is 1. The van der Waals surface area contributed by atoms with Crippen LogP contribution in [0, 0.1) is 29.6 Å². The highest BCUT2D eigenvalue weighted by atomic mass is 35.5. The van der Waals surface area contributed by atoms with Gasteiger partial charge < -0.3 is 5.73 Å². The molecule has 2 amide bonds. The van der Waals surface area contributed by atoms with Crippen LogP contribution in [0.25, 0.3) is 0 Å². The van der Waals surface area contributed by atoms with Gasteiger partial charge in [0.05, 0.1) is 0 Å². The number of hydrogen-bond acceptors (Lipinski definition) is 2. The van der Waals surface area contributed by atoms with Gasteiger partial charge in [0, 0.05) is 17.0 Å². The molecule has 0 aromatic heterocycles. The van der Waals surface area contributed by atoms with E-state index in [1.54, 1.807) is 0 Å². The molecule has 15 heavy (non-hydrogen) atoms. The Kier molecular flexibility index (Phi) is 1.81. The van der Waals surface area contributed by atoms with E-state index in [9.17, 15) is 4.79 Å². The lowest BCUT2D eigenvalue weighted by Gasteiger charge is -2.16. The Morgan fingerprint density at radius 1 is 1.47 bits per heavy atom. The molecule has 4 rings (SSSR count). The number of hydrogen-bond donors (Lipinski definition) is 2. The number of primary amides is 1. The second kappa shape index (κ2) is 2.88. The zero-order valence-electron chi connectivity index (χ0n) is 8.48. The summed E-state index contributed by atoms with van der Waals surface area (Å²) in [5.74, 6) is 3.34. The van der Waals surface area contributed by atoms with Crippen LogP contribution >= 0.6 is 11.6 Å². The van der Waals surface area contributed by atoms with E-state index in [0.29, 0.717) is 17.2 Å². The largest absolute Gasteiger partial charge is 0.350 e. The van der Waals surface area contributed by atoms with Crippen LogP contribution in [0.5, 0.6) is 0 Å². The molecular weight excluding hydrogens is 214 g/mol. The van der Waals surface area contributed by atoms with Gasteiger partial charge in [-0.15, -0.1) is 11.6 Å². The summed E-state index contributed by atoms with van der Waals surface area (Å²) in [7, 11) is 0. The predicted molar refractivity (Wildman–Crippen MR) is 57.5 cm³/mol. The average molecular weight is 228 g/mol. The van der Waals surface area contributed by atoms with Gasteiger partial charge in [0.25, 0.3) is 0 Å². The number of hydrazone groups is 1. The number of carbonyl (C=O) groups excluding carboxylic acids is 1. The lowest BCUT2D eigenvalue weighted by atomic mass is 9.94. The van der Waals surface area contributed by atoms with Gasteiger partial charge in [-0.1, -0.05) is 0 Å². The molecule has 0 aromatic rings. The fourth-order valence-electron chi connectivity index (χ4n) is 3.86. The third-order valence-corrected chi connectivity index (χ3v) is 4.93. The molecule has 4 nitrogen and oxygen atoms in total. The predicted octanol–water partition coefficient (Wildman–Crippen LogP) is 1.15. The van der Waals surface area contributed by atoms with Crippen molar-refractivity contribution in [2.24, 2.45) is 40.4 Å². The van der Waals surface area contributed by atoms with Crippen molar-refractivity contribution >= 4 is 23.3 Å². The van der Waals surface area contributed by atoms with Crippen LogP contribution < -0.4 is 11.2 Å². The van der Waals surface area contributed by atoms with Gasteiger partial charge in [0.15, 0.2) is 0 Å². The number of alkyl halides is 1. The third-order valence-electron chi connectivity index (χ3n) is 4.31. The van der Waals surface area contributed by atoms with Gasteiger partial charge in [0.1, 0.15) is 0 Å². The Balaban J connectivity index is 1.75. The third kappa shape index (κ3) is 1.14. The monoisotopic (exact) mass is 227 g/mol. The maximum Gasteiger partial charge on any atom is 0.332 e. The Morgan fingerprint density at radius 2 is 2.20 bits per heavy atom. The number of nitrogens with two attached hydrogens (primary N) is 1. The number of urea groups is 1. The first-order valence-electron chi connectivity index (χ1n) is 5.35. The van der Waals surface area contributed by atoms with Gasteiger partial charge in [-0.25, -0.2) is 10.2 Å². The van der Waals surface area contributed by atoms with E-state index in [4.69, 9.17) is 17.3 Å². The van der Waals surface area contributed by atoms with E-state index in [1.807, 2.05) is 6.92 Å². The molecule has 0 heterocycles. The molecule has 6 atom stereocenters. The van der Waals surface area contributed by atoms with Gasteiger partial charge in [-0.3, -0.25) is 0 Å². The van der Waals surface area contributed by atoms with Crippen molar-refractivity contribution < 1.29 is 4.79 Å². The molecule has 3 N–H and O–H groups in total. The number of halogens is 1. The number of amides is 2. The van der Waals surface area contributed by atoms with Crippen molar-refractivity contribution in [2.75, 3.05) is 0 Å². The van der Waals surface area contributed by atoms with E-state index in [2.05, 4.69) is 10.5 Å². The van der Waals surface area contributed by atoms with Gasteiger partial charge in [-0.2, -0.15) is 5.10 Å². The Labute approximate surface area is 93.2 Å². The minimum Gasteiger partial charge on any atom is -0.350 e. The highest BCUT2D eigenvalue weighted by Gasteiger charge is 2.73. The smallest absolute Gasteiger partial charge is 0.332 e. The summed E-state index contributed by atoms with van der Waals surface area (Å²) in [6.45, 7) is 1.96. The molecule has 4 bridgehead atoms. The van der Waals surface area contributed by atoms with Gasteiger partial charge in [-0.05, 0) is 37.0 Å². The first kappa shape index (κ1) is 9.46. The molecule has 82 valence electrons. The molecule has 0 unspecified atom stereocenters. The number of carbonyl (C=O) groups is 1. The summed E-state index contributed by atoms with van der Waals surface area (Å²) >= 11 is 6.33. The summed E-state index contributed by atoms with van der Waals surface area (Å²) < 4.78 is 0. The summed E-state index contributed by atoms with van der Waals surface area (Å²) in [6.07, 6.45) is 1.25. The fourth-order valence-corrected chi connectivity index (χ4v) is 4.48. The standard InChI is InChI=1S/C10H14ClN3O/c1-3(13-14-10(12)15)6-5-2-4-7(6)8(4)9(5)11/h4-9H,2H2,1H3,(H3,12,14,15)/b13-3+/t4-,5+,6+,7+,8-,9-/m1/s1. The van der Waals surface area contributed by atoms with Gasteiger partial charge >= 0.3 is 6.03 Å². The quantitative estimate of drug-likeness (QED) is 0.415. The van der Waals surface area contributed by atoms with Crippen LogP contribution in [-0.4, -0.2) is 17.1 Å². The highest BCUT2D eigenvalue weighted by molar-refractivity contribution is 6.22. The fraction of sp³-hybridized carbons (Fsp3) is 0.800. The van der Waals surface area contributed by atoms with E-state index in [-0.39, 0.29) is 0 Å². The zero-order valence-corrected chi connectivity index (χ0v) is 9.24. The van der Waals surface area contributed by atoms with Crippen molar-refractivity contribution in [3.05, 3.63) is 0 Å². The first-order chi connectivity index (χ1) is 7.11. The summed E-state index contributed by atoms with van der Waals surface area (Å²) in [4.78, 5) is 10.5. The molecule has 4 fully saturated rings. The van der Waals surface area contributed by atoms with Crippen LogP contribution in [0.15, 0.2) is 5.10 Å². The number of nitrogens with zero attached hydrogens (tertiary/aromatic N) is 1. The SMILES string of the molecule is C/C(=N\NC(N)=O)[C@H]1[C@@H]2C[C@H]3[C@@H]([C@@H]2Cl)[C@@H]31. The van der Waals surface area contributed by atoms with E-state index in [0.717, 1.165) is 23.5 Å². The molecule has 4 aliphatic rings. The molecule has 5 heteroatoms. The first-order valence-corrected chi connectivity index (χ1v) is 5.78. The van der Waals surface area contributed by atoms with Crippen LogP contribution in [0.2, 0.25) is 0 Å². The molecule has 0 radical (unpaired) electrons. The Bertz CT molecular complexity index is 357. The second-order valence-corrected chi connectivity index (χ2v) is 5.42. The molecule has 0 aliphatic heterocycles. The summed E-state index contributed by atoms with van der Waals surface area (Å²) in [5.41, 5.74) is 8.26. The topological polar surface area (TPSA) is 67.5 Å². The Hall–Kier alpha value is -0.770. The van der Waals surface area contributed by atoms with Crippen LogP contribution in [-0.2, 0) is 0 Å². The van der Waals surface area contributed by atoms with Crippen molar-refractivity contribution in [3.63, 3.8) is 0 Å². The molecule has 0 spiro atoms. The van der Waals surface area contributed by atoms with Crippen molar-refractivity contribution in [2.45, 2.75) is 18.7 Å². The zero-order chi connectivity index (χ0) is 10.7. The van der Waals surface area contributed by atoms with Crippen LogP contribution in [0.1, 0.15) is 13.3 Å². The normalized spacial score (nSPS) is 50.7. The van der Waals surface area contributed by atoms with E-state index in [1.165, 1.54) is 6.42 Å². The Morgan fingerprint density at radius 3 is 2.60 bits per heavy atom. The molecule has 4 aliphatic carbocycles. The summed E-state index contributed by atoms with van der Waals surface area (Å²) in [6, 6.07) is -0.602. The van der Waals surface area contributed by atoms with Crippen LogP contribution in [0.4, 0.5) is 4.79 Å². The van der Waals surface area contributed by atoms with E-state index < -0.39 is 6.03 Å². The molecule has 4 saturated carbocycles. The van der Waals surface area contributed by atoms with Crippen molar-refractivity contribution in [1.29, 1.82) is 0 Å². The minimum absolute atomic E-state index is 0.337. The molecular formula is C10H14ClN3O. The van der Waals surface area contributed by atoms with Crippen LogP contribution in [0.3, 0.4) is 0 Å². The lowest BCUT2D eigenvalue weighted by Crippen LogP contribution is -2.28.